The Morgan fingerprint density at radius 2 is 2.18 bits per heavy atom. The van der Waals surface area contributed by atoms with E-state index in [2.05, 4.69) is 19.2 Å². The predicted octanol–water partition coefficient (Wildman–Crippen LogP) is 1.11. The van der Waals surface area contributed by atoms with Crippen LogP contribution in [0.4, 0.5) is 0 Å². The molecular formula is C9H20N2. The second-order valence-electron chi connectivity index (χ2n) is 3.96. The van der Waals surface area contributed by atoms with Crippen LogP contribution in [0, 0.1) is 5.92 Å². The molecule has 11 heavy (non-hydrogen) atoms. The third kappa shape index (κ3) is 2.80. The normalized spacial score (nSPS) is 23.2. The van der Waals surface area contributed by atoms with Gasteiger partial charge >= 0.3 is 0 Å². The van der Waals surface area contributed by atoms with Crippen LogP contribution in [0.5, 0.6) is 0 Å². The van der Waals surface area contributed by atoms with Gasteiger partial charge in [0.1, 0.15) is 0 Å². The largest absolute Gasteiger partial charge is 0.324 e. The van der Waals surface area contributed by atoms with Crippen LogP contribution >= 0.6 is 0 Å². The first-order valence-electron chi connectivity index (χ1n) is 4.66. The maximum Gasteiger partial charge on any atom is 0.0280 e. The molecule has 0 amide bonds. The summed E-state index contributed by atoms with van der Waals surface area (Å²) in [6.07, 6.45) is 3.86. The van der Waals surface area contributed by atoms with Crippen LogP contribution in [-0.2, 0) is 0 Å². The fraction of sp³-hybridized carbons (Fsp3) is 1.00. The monoisotopic (exact) mass is 156 g/mol. The zero-order valence-electron chi connectivity index (χ0n) is 7.69. The number of hydrogen-bond donors (Lipinski definition) is 2. The highest BCUT2D eigenvalue weighted by molar-refractivity contribution is 4.96. The molecule has 2 nitrogen and oxygen atoms in total. The summed E-state index contributed by atoms with van der Waals surface area (Å²) in [5, 5.41) is 3.37. The van der Waals surface area contributed by atoms with Crippen molar-refractivity contribution >= 4 is 0 Å². The summed E-state index contributed by atoms with van der Waals surface area (Å²) < 4.78 is 0. The second kappa shape index (κ2) is 3.55. The minimum Gasteiger partial charge on any atom is -0.324 e. The molecule has 0 radical (unpaired) electrons. The van der Waals surface area contributed by atoms with E-state index in [9.17, 15) is 0 Å². The first-order chi connectivity index (χ1) is 5.17. The smallest absolute Gasteiger partial charge is 0.0280 e. The maximum atomic E-state index is 6.10. The van der Waals surface area contributed by atoms with E-state index in [-0.39, 0.29) is 5.54 Å². The lowest BCUT2D eigenvalue weighted by Crippen LogP contribution is -2.48. The van der Waals surface area contributed by atoms with Gasteiger partial charge in [-0.25, -0.2) is 0 Å². The Bertz CT molecular complexity index is 117. The molecular weight excluding hydrogens is 136 g/mol. The fourth-order valence-corrected chi connectivity index (χ4v) is 1.42. The summed E-state index contributed by atoms with van der Waals surface area (Å²) in [5.41, 5.74) is 6.15. The Morgan fingerprint density at radius 1 is 1.55 bits per heavy atom. The Hall–Kier alpha value is -0.0800. The van der Waals surface area contributed by atoms with Crippen molar-refractivity contribution in [1.29, 1.82) is 0 Å². The van der Waals surface area contributed by atoms with Crippen molar-refractivity contribution in [3.05, 3.63) is 0 Å². The van der Waals surface area contributed by atoms with Crippen LogP contribution in [0.25, 0.3) is 0 Å². The molecule has 1 atom stereocenters. The molecule has 0 bridgehead atoms. The summed E-state index contributed by atoms with van der Waals surface area (Å²) in [6, 6.07) is 0. The lowest BCUT2D eigenvalue weighted by molar-refractivity contribution is 0.381. The third-order valence-corrected chi connectivity index (χ3v) is 2.44. The van der Waals surface area contributed by atoms with Gasteiger partial charge in [0.2, 0.25) is 0 Å². The lowest BCUT2D eigenvalue weighted by atomic mass is 9.97. The van der Waals surface area contributed by atoms with Gasteiger partial charge in [-0.1, -0.05) is 6.92 Å². The molecule has 0 heterocycles. The molecule has 1 aliphatic carbocycles. The molecule has 0 saturated heterocycles. The third-order valence-electron chi connectivity index (χ3n) is 2.44. The van der Waals surface area contributed by atoms with Crippen molar-refractivity contribution in [2.75, 3.05) is 13.1 Å². The van der Waals surface area contributed by atoms with Gasteiger partial charge in [-0.2, -0.15) is 0 Å². The standard InChI is InChI=1S/C9H20N2/c1-3-6-11-7-9(2,10)8-4-5-8/h8,11H,3-7,10H2,1-2H3. The summed E-state index contributed by atoms with van der Waals surface area (Å²) in [7, 11) is 0. The van der Waals surface area contributed by atoms with Gasteiger partial charge in [0.05, 0.1) is 0 Å². The van der Waals surface area contributed by atoms with E-state index in [1.807, 2.05) is 0 Å². The molecule has 3 N–H and O–H groups in total. The molecule has 2 heteroatoms. The molecule has 0 spiro atoms. The van der Waals surface area contributed by atoms with Gasteiger partial charge < -0.3 is 11.1 Å². The number of nitrogens with two attached hydrogens (primary N) is 1. The van der Waals surface area contributed by atoms with E-state index in [1.54, 1.807) is 0 Å². The molecule has 1 rings (SSSR count). The van der Waals surface area contributed by atoms with Crippen molar-refractivity contribution in [3.63, 3.8) is 0 Å². The second-order valence-corrected chi connectivity index (χ2v) is 3.96. The summed E-state index contributed by atoms with van der Waals surface area (Å²) in [5.74, 6) is 0.784. The van der Waals surface area contributed by atoms with Gasteiger partial charge in [-0.3, -0.25) is 0 Å². The molecule has 1 saturated carbocycles. The van der Waals surface area contributed by atoms with E-state index < -0.39 is 0 Å². The minimum atomic E-state index is 0.0508. The predicted molar refractivity (Wildman–Crippen MR) is 48.5 cm³/mol. The molecule has 1 unspecified atom stereocenters. The fourth-order valence-electron chi connectivity index (χ4n) is 1.42. The molecule has 0 aromatic carbocycles. The summed E-state index contributed by atoms with van der Waals surface area (Å²) in [4.78, 5) is 0. The minimum absolute atomic E-state index is 0.0508. The molecule has 1 aliphatic rings. The first-order valence-corrected chi connectivity index (χ1v) is 4.66. The van der Waals surface area contributed by atoms with Crippen molar-refractivity contribution in [3.8, 4) is 0 Å². The highest BCUT2D eigenvalue weighted by Gasteiger charge is 2.37. The van der Waals surface area contributed by atoms with Crippen molar-refractivity contribution in [1.82, 2.24) is 5.32 Å². The van der Waals surface area contributed by atoms with Crippen LogP contribution in [0.15, 0.2) is 0 Å². The highest BCUT2D eigenvalue weighted by atomic mass is 14.9. The number of nitrogens with one attached hydrogen (secondary N) is 1. The Kier molecular flexibility index (Phi) is 2.90. The average Bonchev–Trinajstić information content (AvgIpc) is 2.68. The van der Waals surface area contributed by atoms with Crippen LogP contribution in [-0.4, -0.2) is 18.6 Å². The quantitative estimate of drug-likeness (QED) is 0.585. The van der Waals surface area contributed by atoms with E-state index in [0.717, 1.165) is 19.0 Å². The first kappa shape index (κ1) is 9.01. The van der Waals surface area contributed by atoms with E-state index >= 15 is 0 Å². The van der Waals surface area contributed by atoms with Crippen molar-refractivity contribution in [2.45, 2.75) is 38.6 Å². The van der Waals surface area contributed by atoms with Crippen LogP contribution in [0.3, 0.4) is 0 Å². The lowest BCUT2D eigenvalue weighted by Gasteiger charge is -2.24. The zero-order valence-corrected chi connectivity index (χ0v) is 7.69. The number of rotatable bonds is 5. The Balaban J connectivity index is 2.12. The van der Waals surface area contributed by atoms with Crippen molar-refractivity contribution in [2.24, 2.45) is 11.7 Å². The van der Waals surface area contributed by atoms with Gasteiger partial charge in [0.15, 0.2) is 0 Å². The SMILES string of the molecule is CCCNCC(C)(N)C1CC1. The maximum absolute atomic E-state index is 6.10. The van der Waals surface area contributed by atoms with Crippen molar-refractivity contribution < 1.29 is 0 Å². The highest BCUT2D eigenvalue weighted by Crippen LogP contribution is 2.37. The molecule has 0 aromatic heterocycles. The number of hydrogen-bond acceptors (Lipinski definition) is 2. The molecule has 66 valence electrons. The van der Waals surface area contributed by atoms with E-state index in [0.29, 0.717) is 0 Å². The molecule has 0 aromatic rings. The van der Waals surface area contributed by atoms with Gasteiger partial charge in [0, 0.05) is 12.1 Å². The molecule has 0 aliphatic heterocycles. The Morgan fingerprint density at radius 3 is 2.64 bits per heavy atom. The van der Waals surface area contributed by atoms with E-state index in [1.165, 1.54) is 19.3 Å². The van der Waals surface area contributed by atoms with Gasteiger partial charge in [-0.15, -0.1) is 0 Å². The van der Waals surface area contributed by atoms with Crippen LogP contribution in [0.2, 0.25) is 0 Å². The summed E-state index contributed by atoms with van der Waals surface area (Å²) in [6.45, 7) is 6.41. The topological polar surface area (TPSA) is 38.0 Å². The van der Waals surface area contributed by atoms with E-state index in [4.69, 9.17) is 5.73 Å². The summed E-state index contributed by atoms with van der Waals surface area (Å²) >= 11 is 0. The average molecular weight is 156 g/mol. The zero-order chi connectivity index (χ0) is 8.32. The molecule has 1 fully saturated rings. The van der Waals surface area contributed by atoms with Gasteiger partial charge in [0.25, 0.3) is 0 Å². The van der Waals surface area contributed by atoms with Crippen LogP contribution < -0.4 is 11.1 Å². The Labute approximate surface area is 69.5 Å². The van der Waals surface area contributed by atoms with Crippen LogP contribution in [0.1, 0.15) is 33.1 Å². The van der Waals surface area contributed by atoms with Gasteiger partial charge in [-0.05, 0) is 38.6 Å².